The lowest BCUT2D eigenvalue weighted by molar-refractivity contribution is 0.0672. The van der Waals surface area contributed by atoms with E-state index in [0.717, 1.165) is 26.1 Å². The molecule has 2 rings (SSSR count). The molecule has 2 heterocycles. The van der Waals surface area contributed by atoms with Crippen LogP contribution in [0.5, 0.6) is 0 Å². The Morgan fingerprint density at radius 1 is 1.53 bits per heavy atom. The Kier molecular flexibility index (Phi) is 6.23. The fourth-order valence-corrected chi connectivity index (χ4v) is 3.52. The van der Waals surface area contributed by atoms with Crippen molar-refractivity contribution in [2.24, 2.45) is 0 Å². The number of piperidine rings is 1. The molecule has 0 radical (unpaired) electrons. The van der Waals surface area contributed by atoms with Crippen molar-refractivity contribution in [1.82, 2.24) is 9.88 Å². The van der Waals surface area contributed by atoms with Gasteiger partial charge in [0.1, 0.15) is 0 Å². The monoisotopic (exact) mass is 284 g/mol. The molecule has 1 aliphatic heterocycles. The third-order valence-electron chi connectivity index (χ3n) is 3.57. The third kappa shape index (κ3) is 4.53. The lowest BCUT2D eigenvalue weighted by Gasteiger charge is -2.31. The molecule has 4 nitrogen and oxygen atoms in total. The summed E-state index contributed by atoms with van der Waals surface area (Å²) >= 11 is 1.81. The van der Waals surface area contributed by atoms with Gasteiger partial charge in [0.2, 0.25) is 0 Å². The number of rotatable bonds is 7. The van der Waals surface area contributed by atoms with E-state index in [1.54, 1.807) is 0 Å². The standard InChI is InChI=1S/C14H24N2O2S/c1-2-13-11-19-14(15-13)12-4-3-5-16(10-12)6-8-18-9-7-17/h11-12,17H,2-10H2,1H3. The Morgan fingerprint density at radius 3 is 3.16 bits per heavy atom. The fourth-order valence-electron chi connectivity index (χ4n) is 2.49. The first-order valence-corrected chi connectivity index (χ1v) is 8.06. The van der Waals surface area contributed by atoms with Gasteiger partial charge in [0, 0.05) is 24.4 Å². The maximum Gasteiger partial charge on any atom is 0.0972 e. The Morgan fingerprint density at radius 2 is 2.42 bits per heavy atom. The van der Waals surface area contributed by atoms with Crippen molar-refractivity contribution in [3.63, 3.8) is 0 Å². The molecule has 108 valence electrons. The highest BCUT2D eigenvalue weighted by Gasteiger charge is 2.23. The largest absolute Gasteiger partial charge is 0.394 e. The second-order valence-electron chi connectivity index (χ2n) is 5.01. The molecular formula is C14H24N2O2S. The minimum atomic E-state index is 0.113. The number of likely N-dealkylation sites (tertiary alicyclic amines) is 1. The summed E-state index contributed by atoms with van der Waals surface area (Å²) in [5.41, 5.74) is 1.23. The Hall–Kier alpha value is -0.490. The van der Waals surface area contributed by atoms with Crippen LogP contribution in [0.3, 0.4) is 0 Å². The maximum absolute atomic E-state index is 8.67. The number of aromatic nitrogens is 1. The molecule has 0 spiro atoms. The highest BCUT2D eigenvalue weighted by atomic mass is 32.1. The minimum absolute atomic E-state index is 0.113. The van der Waals surface area contributed by atoms with Gasteiger partial charge in [0.05, 0.1) is 30.5 Å². The van der Waals surface area contributed by atoms with E-state index in [1.807, 2.05) is 11.3 Å². The zero-order valence-corrected chi connectivity index (χ0v) is 12.5. The molecule has 0 aliphatic carbocycles. The number of aryl methyl sites for hydroxylation is 1. The van der Waals surface area contributed by atoms with Gasteiger partial charge in [0.25, 0.3) is 0 Å². The predicted molar refractivity (Wildman–Crippen MR) is 77.8 cm³/mol. The smallest absolute Gasteiger partial charge is 0.0972 e. The molecule has 1 aromatic rings. The van der Waals surface area contributed by atoms with E-state index in [0.29, 0.717) is 19.1 Å². The summed E-state index contributed by atoms with van der Waals surface area (Å²) in [5, 5.41) is 12.2. The first-order chi connectivity index (χ1) is 9.33. The number of thiazole rings is 1. The Bertz CT molecular complexity index is 370. The van der Waals surface area contributed by atoms with Crippen LogP contribution in [0.2, 0.25) is 0 Å². The molecule has 1 N–H and O–H groups in total. The van der Waals surface area contributed by atoms with Gasteiger partial charge in [-0.3, -0.25) is 0 Å². The SMILES string of the molecule is CCc1csc(C2CCCN(CCOCCO)C2)n1. The number of hydrogen-bond donors (Lipinski definition) is 1. The number of ether oxygens (including phenoxy) is 1. The van der Waals surface area contributed by atoms with Crippen LogP contribution in [0.25, 0.3) is 0 Å². The molecular weight excluding hydrogens is 260 g/mol. The van der Waals surface area contributed by atoms with Crippen molar-refractivity contribution in [2.45, 2.75) is 32.1 Å². The number of aliphatic hydroxyl groups excluding tert-OH is 1. The van der Waals surface area contributed by atoms with Gasteiger partial charge in [-0.05, 0) is 25.8 Å². The summed E-state index contributed by atoms with van der Waals surface area (Å²) in [5.74, 6) is 0.594. The molecule has 0 aromatic carbocycles. The van der Waals surface area contributed by atoms with Gasteiger partial charge >= 0.3 is 0 Å². The minimum Gasteiger partial charge on any atom is -0.394 e. The molecule has 1 atom stereocenters. The molecule has 1 aliphatic rings. The van der Waals surface area contributed by atoms with E-state index in [2.05, 4.69) is 17.2 Å². The normalized spacial score (nSPS) is 20.8. The van der Waals surface area contributed by atoms with Crippen LogP contribution in [0.1, 0.15) is 36.4 Å². The van der Waals surface area contributed by atoms with Crippen molar-refractivity contribution < 1.29 is 9.84 Å². The summed E-state index contributed by atoms with van der Waals surface area (Å²) in [6, 6.07) is 0. The van der Waals surface area contributed by atoms with E-state index in [4.69, 9.17) is 14.8 Å². The molecule has 0 bridgehead atoms. The lowest BCUT2D eigenvalue weighted by atomic mass is 9.99. The van der Waals surface area contributed by atoms with Crippen molar-refractivity contribution in [3.05, 3.63) is 16.1 Å². The van der Waals surface area contributed by atoms with Gasteiger partial charge in [-0.25, -0.2) is 4.98 Å². The van der Waals surface area contributed by atoms with E-state index < -0.39 is 0 Å². The van der Waals surface area contributed by atoms with E-state index in [-0.39, 0.29) is 6.61 Å². The summed E-state index contributed by atoms with van der Waals surface area (Å²) in [4.78, 5) is 7.18. The highest BCUT2D eigenvalue weighted by Crippen LogP contribution is 2.29. The molecule has 1 fully saturated rings. The molecule has 5 heteroatoms. The quantitative estimate of drug-likeness (QED) is 0.777. The number of hydrogen-bond acceptors (Lipinski definition) is 5. The third-order valence-corrected chi connectivity index (χ3v) is 4.63. The first-order valence-electron chi connectivity index (χ1n) is 7.18. The van der Waals surface area contributed by atoms with Crippen LogP contribution in [0.4, 0.5) is 0 Å². The lowest BCUT2D eigenvalue weighted by Crippen LogP contribution is -2.36. The van der Waals surface area contributed by atoms with Gasteiger partial charge in [0.15, 0.2) is 0 Å². The molecule has 0 saturated carbocycles. The maximum atomic E-state index is 8.67. The summed E-state index contributed by atoms with van der Waals surface area (Å²) in [7, 11) is 0. The van der Waals surface area contributed by atoms with Gasteiger partial charge in [-0.1, -0.05) is 6.92 Å². The van der Waals surface area contributed by atoms with E-state index in [9.17, 15) is 0 Å². The number of aliphatic hydroxyl groups is 1. The molecule has 1 unspecified atom stereocenters. The van der Waals surface area contributed by atoms with Crippen molar-refractivity contribution in [1.29, 1.82) is 0 Å². The average molecular weight is 284 g/mol. The Labute approximate surface area is 119 Å². The Balaban J connectivity index is 1.79. The van der Waals surface area contributed by atoms with Crippen LogP contribution in [0, 0.1) is 0 Å². The highest BCUT2D eigenvalue weighted by molar-refractivity contribution is 7.09. The zero-order chi connectivity index (χ0) is 13.5. The first kappa shape index (κ1) is 14.9. The van der Waals surface area contributed by atoms with Gasteiger partial charge in [-0.2, -0.15) is 0 Å². The molecule has 19 heavy (non-hydrogen) atoms. The van der Waals surface area contributed by atoms with Crippen LogP contribution in [-0.4, -0.2) is 54.4 Å². The van der Waals surface area contributed by atoms with E-state index in [1.165, 1.54) is 23.5 Å². The van der Waals surface area contributed by atoms with Crippen LogP contribution in [-0.2, 0) is 11.2 Å². The van der Waals surface area contributed by atoms with Gasteiger partial charge in [-0.15, -0.1) is 11.3 Å². The van der Waals surface area contributed by atoms with Crippen LogP contribution < -0.4 is 0 Å². The molecule has 1 aromatic heterocycles. The summed E-state index contributed by atoms with van der Waals surface area (Å²) in [6.07, 6.45) is 3.53. The fraction of sp³-hybridized carbons (Fsp3) is 0.786. The van der Waals surface area contributed by atoms with Crippen molar-refractivity contribution in [3.8, 4) is 0 Å². The van der Waals surface area contributed by atoms with Gasteiger partial charge < -0.3 is 14.7 Å². The van der Waals surface area contributed by atoms with E-state index >= 15 is 0 Å². The molecule has 0 amide bonds. The van der Waals surface area contributed by atoms with Crippen molar-refractivity contribution >= 4 is 11.3 Å². The summed E-state index contributed by atoms with van der Waals surface area (Å²) < 4.78 is 5.34. The summed E-state index contributed by atoms with van der Waals surface area (Å²) in [6.45, 7) is 6.65. The van der Waals surface area contributed by atoms with Crippen molar-refractivity contribution in [2.75, 3.05) is 39.5 Å². The van der Waals surface area contributed by atoms with Crippen LogP contribution >= 0.6 is 11.3 Å². The second-order valence-corrected chi connectivity index (χ2v) is 5.90. The average Bonchev–Trinajstić information content (AvgIpc) is 2.93. The van der Waals surface area contributed by atoms with Crippen LogP contribution in [0.15, 0.2) is 5.38 Å². The number of nitrogens with zero attached hydrogens (tertiary/aromatic N) is 2. The second kappa shape index (κ2) is 7.94. The topological polar surface area (TPSA) is 45.6 Å². The predicted octanol–water partition coefficient (Wildman–Crippen LogP) is 1.89. The molecule has 1 saturated heterocycles. The zero-order valence-electron chi connectivity index (χ0n) is 11.7.